The number of benzene rings is 1. The van der Waals surface area contributed by atoms with Crippen LogP contribution in [-0.4, -0.2) is 17.3 Å². The van der Waals surface area contributed by atoms with Gasteiger partial charge in [0, 0.05) is 11.8 Å². The molecule has 3 rings (SSSR count). The van der Waals surface area contributed by atoms with Crippen molar-refractivity contribution in [3.05, 3.63) is 29.3 Å². The molecule has 2 atom stereocenters. The van der Waals surface area contributed by atoms with Crippen LogP contribution in [0.2, 0.25) is 0 Å². The molecule has 1 aromatic rings. The van der Waals surface area contributed by atoms with Crippen molar-refractivity contribution in [2.45, 2.75) is 58.2 Å². The van der Waals surface area contributed by atoms with E-state index in [-0.39, 0.29) is 17.6 Å². The number of hydrogen-bond donors (Lipinski definition) is 1. The van der Waals surface area contributed by atoms with Crippen molar-refractivity contribution in [1.29, 1.82) is 0 Å². The summed E-state index contributed by atoms with van der Waals surface area (Å²) < 4.78 is 6.18. The average molecular weight is 246 g/mol. The molecule has 1 N–H and O–H groups in total. The van der Waals surface area contributed by atoms with E-state index in [0.29, 0.717) is 0 Å². The summed E-state index contributed by atoms with van der Waals surface area (Å²) in [5, 5.41) is 10.1. The molecule has 2 aliphatic rings. The maximum absolute atomic E-state index is 10.1. The second-order valence-corrected chi connectivity index (χ2v) is 6.07. The maximum atomic E-state index is 10.1. The van der Waals surface area contributed by atoms with Gasteiger partial charge in [-0.25, -0.2) is 0 Å². The van der Waals surface area contributed by atoms with Crippen molar-refractivity contribution in [2.24, 2.45) is 5.41 Å². The first-order valence-electron chi connectivity index (χ1n) is 7.04. The predicted octanol–water partition coefficient (Wildman–Crippen LogP) is 3.38. The normalized spacial score (nSPS) is 29.3. The first kappa shape index (κ1) is 12.0. The van der Waals surface area contributed by atoms with Crippen LogP contribution in [0.4, 0.5) is 0 Å². The van der Waals surface area contributed by atoms with Gasteiger partial charge in [-0.05, 0) is 38.3 Å². The monoisotopic (exact) mass is 246 g/mol. The molecule has 2 saturated carbocycles. The summed E-state index contributed by atoms with van der Waals surface area (Å²) >= 11 is 0. The Labute approximate surface area is 109 Å². The van der Waals surface area contributed by atoms with Crippen molar-refractivity contribution in [3.63, 3.8) is 0 Å². The molecule has 2 nitrogen and oxygen atoms in total. The average Bonchev–Trinajstić information content (AvgIpc) is 2.83. The lowest BCUT2D eigenvalue weighted by atomic mass is 9.62. The third-order valence-corrected chi connectivity index (χ3v) is 4.88. The summed E-state index contributed by atoms with van der Waals surface area (Å²) in [6.45, 7) is 4.20. The molecule has 0 heterocycles. The van der Waals surface area contributed by atoms with E-state index in [0.717, 1.165) is 25.0 Å². The highest BCUT2D eigenvalue weighted by atomic mass is 16.5. The van der Waals surface area contributed by atoms with Crippen LogP contribution < -0.4 is 4.74 Å². The van der Waals surface area contributed by atoms with Crippen LogP contribution in [0.25, 0.3) is 0 Å². The van der Waals surface area contributed by atoms with E-state index in [4.69, 9.17) is 4.74 Å². The zero-order valence-electron chi connectivity index (χ0n) is 11.3. The highest BCUT2D eigenvalue weighted by Crippen LogP contribution is 2.54. The molecule has 18 heavy (non-hydrogen) atoms. The summed E-state index contributed by atoms with van der Waals surface area (Å²) in [4.78, 5) is 0. The van der Waals surface area contributed by atoms with Gasteiger partial charge in [-0.15, -0.1) is 0 Å². The summed E-state index contributed by atoms with van der Waals surface area (Å²) in [5.41, 5.74) is 2.53. The van der Waals surface area contributed by atoms with Gasteiger partial charge in [-0.1, -0.05) is 30.5 Å². The van der Waals surface area contributed by atoms with Crippen LogP contribution in [0.5, 0.6) is 5.75 Å². The zero-order valence-corrected chi connectivity index (χ0v) is 11.3. The Morgan fingerprint density at radius 2 is 1.94 bits per heavy atom. The van der Waals surface area contributed by atoms with E-state index in [1.54, 1.807) is 0 Å². The summed E-state index contributed by atoms with van der Waals surface area (Å²) in [6.07, 6.45) is 5.61. The van der Waals surface area contributed by atoms with Crippen molar-refractivity contribution in [3.8, 4) is 5.75 Å². The number of aliphatic hydroxyl groups excluding tert-OH is 1. The van der Waals surface area contributed by atoms with Gasteiger partial charge in [0.15, 0.2) is 0 Å². The van der Waals surface area contributed by atoms with Crippen LogP contribution in [0.3, 0.4) is 0 Å². The third-order valence-electron chi connectivity index (χ3n) is 4.88. The third kappa shape index (κ3) is 1.74. The van der Waals surface area contributed by atoms with Gasteiger partial charge in [0.2, 0.25) is 0 Å². The summed E-state index contributed by atoms with van der Waals surface area (Å²) in [7, 11) is 0. The highest BCUT2D eigenvalue weighted by molar-refractivity contribution is 5.36. The minimum absolute atomic E-state index is 0.0668. The summed E-state index contributed by atoms with van der Waals surface area (Å²) in [6, 6.07) is 6.32. The van der Waals surface area contributed by atoms with Crippen molar-refractivity contribution in [1.82, 2.24) is 0 Å². The Kier molecular flexibility index (Phi) is 2.86. The van der Waals surface area contributed by atoms with Crippen LogP contribution in [0.15, 0.2) is 18.2 Å². The minimum atomic E-state index is -0.143. The van der Waals surface area contributed by atoms with Gasteiger partial charge in [0.05, 0.1) is 6.10 Å². The second-order valence-electron chi connectivity index (χ2n) is 6.07. The molecule has 2 unspecified atom stereocenters. The Morgan fingerprint density at radius 3 is 2.56 bits per heavy atom. The van der Waals surface area contributed by atoms with E-state index in [1.807, 2.05) is 0 Å². The number of hydrogen-bond acceptors (Lipinski definition) is 2. The van der Waals surface area contributed by atoms with Crippen LogP contribution in [0, 0.1) is 19.3 Å². The fraction of sp³-hybridized carbons (Fsp3) is 0.625. The van der Waals surface area contributed by atoms with Gasteiger partial charge in [0.1, 0.15) is 11.9 Å². The Bertz CT molecular complexity index is 446. The molecule has 98 valence electrons. The standard InChI is InChI=1S/C16H22O2/c1-11-5-6-13(12(2)9-11)18-15-10-14(17)16(15)7-3-4-8-16/h5-6,9,14-15,17H,3-4,7-8,10H2,1-2H3. The molecule has 0 saturated heterocycles. The number of aliphatic hydroxyl groups is 1. The van der Waals surface area contributed by atoms with Crippen LogP contribution in [-0.2, 0) is 0 Å². The Morgan fingerprint density at radius 1 is 1.22 bits per heavy atom. The number of aryl methyl sites for hydroxylation is 2. The molecule has 0 bridgehead atoms. The van der Waals surface area contributed by atoms with Crippen LogP contribution >= 0.6 is 0 Å². The van der Waals surface area contributed by atoms with Gasteiger partial charge >= 0.3 is 0 Å². The lowest BCUT2D eigenvalue weighted by Crippen LogP contribution is -2.58. The molecule has 0 amide bonds. The lowest BCUT2D eigenvalue weighted by Gasteiger charge is -2.51. The largest absolute Gasteiger partial charge is 0.489 e. The second kappa shape index (κ2) is 4.27. The molecule has 2 aliphatic carbocycles. The smallest absolute Gasteiger partial charge is 0.122 e. The van der Waals surface area contributed by atoms with E-state index in [1.165, 1.54) is 24.0 Å². The fourth-order valence-electron chi connectivity index (χ4n) is 3.67. The van der Waals surface area contributed by atoms with Crippen molar-refractivity contribution < 1.29 is 9.84 Å². The van der Waals surface area contributed by atoms with Gasteiger partial charge in [-0.3, -0.25) is 0 Å². The maximum Gasteiger partial charge on any atom is 0.122 e. The van der Waals surface area contributed by atoms with Crippen LogP contribution in [0.1, 0.15) is 43.2 Å². The zero-order chi connectivity index (χ0) is 12.8. The van der Waals surface area contributed by atoms with E-state index in [9.17, 15) is 5.11 Å². The Balaban J connectivity index is 1.77. The topological polar surface area (TPSA) is 29.5 Å². The molecule has 0 aliphatic heterocycles. The van der Waals surface area contributed by atoms with E-state index >= 15 is 0 Å². The number of rotatable bonds is 2. The first-order chi connectivity index (χ1) is 8.62. The first-order valence-corrected chi connectivity index (χ1v) is 7.04. The number of ether oxygens (including phenoxy) is 1. The van der Waals surface area contributed by atoms with Gasteiger partial charge in [-0.2, -0.15) is 0 Å². The lowest BCUT2D eigenvalue weighted by molar-refractivity contribution is -0.152. The molecular weight excluding hydrogens is 224 g/mol. The SMILES string of the molecule is Cc1ccc(OC2CC(O)C23CCCC3)c(C)c1. The van der Waals surface area contributed by atoms with Gasteiger partial charge < -0.3 is 9.84 Å². The molecule has 2 fully saturated rings. The fourth-order valence-corrected chi connectivity index (χ4v) is 3.67. The molecule has 1 aromatic carbocycles. The molecule has 1 spiro atoms. The van der Waals surface area contributed by atoms with Gasteiger partial charge in [0.25, 0.3) is 0 Å². The summed E-state index contributed by atoms with van der Waals surface area (Å²) in [5.74, 6) is 0.990. The molecular formula is C16H22O2. The van der Waals surface area contributed by atoms with E-state index < -0.39 is 0 Å². The van der Waals surface area contributed by atoms with E-state index in [2.05, 4.69) is 32.0 Å². The van der Waals surface area contributed by atoms with Crippen molar-refractivity contribution in [2.75, 3.05) is 0 Å². The minimum Gasteiger partial charge on any atom is -0.489 e. The van der Waals surface area contributed by atoms with Crippen molar-refractivity contribution >= 4 is 0 Å². The molecule has 0 radical (unpaired) electrons. The molecule has 2 heteroatoms. The predicted molar refractivity (Wildman–Crippen MR) is 71.9 cm³/mol. The molecule has 0 aromatic heterocycles. The Hall–Kier alpha value is -1.02. The quantitative estimate of drug-likeness (QED) is 0.867. The highest BCUT2D eigenvalue weighted by Gasteiger charge is 2.57.